The minimum absolute atomic E-state index is 0.0587. The monoisotopic (exact) mass is 390 g/mol. The largest absolute Gasteiger partial charge is 0.355 e. The third kappa shape index (κ3) is 3.02. The SMILES string of the molecule is CCC1(N)CCN(c2cnc3c(-c4cccc(Cl)c4Cl)[nH]nc3n2)CC1. The Kier molecular flexibility index (Phi) is 4.50. The van der Waals surface area contributed by atoms with E-state index in [-0.39, 0.29) is 5.54 Å². The van der Waals surface area contributed by atoms with Crippen LogP contribution in [-0.2, 0) is 0 Å². The van der Waals surface area contributed by atoms with Gasteiger partial charge in [-0.2, -0.15) is 5.10 Å². The Bertz CT molecular complexity index is 946. The maximum Gasteiger partial charge on any atom is 0.202 e. The maximum absolute atomic E-state index is 6.38. The summed E-state index contributed by atoms with van der Waals surface area (Å²) in [7, 11) is 0. The van der Waals surface area contributed by atoms with Crippen molar-refractivity contribution in [3.8, 4) is 11.3 Å². The molecule has 0 radical (unpaired) electrons. The number of hydrogen-bond donors (Lipinski definition) is 2. The van der Waals surface area contributed by atoms with Crippen molar-refractivity contribution in [2.45, 2.75) is 31.7 Å². The van der Waals surface area contributed by atoms with Crippen LogP contribution in [-0.4, -0.2) is 38.8 Å². The first-order chi connectivity index (χ1) is 12.5. The Morgan fingerprint density at radius 1 is 1.27 bits per heavy atom. The molecular weight excluding hydrogens is 371 g/mol. The summed E-state index contributed by atoms with van der Waals surface area (Å²) in [5.74, 6) is 0.825. The number of rotatable bonds is 3. The smallest absolute Gasteiger partial charge is 0.202 e. The third-order valence-corrected chi connectivity index (χ3v) is 6.08. The molecule has 3 N–H and O–H groups in total. The fourth-order valence-corrected chi connectivity index (χ4v) is 3.75. The number of benzene rings is 1. The van der Waals surface area contributed by atoms with Crippen molar-refractivity contribution < 1.29 is 0 Å². The first-order valence-corrected chi connectivity index (χ1v) is 9.46. The van der Waals surface area contributed by atoms with Gasteiger partial charge in [0.25, 0.3) is 0 Å². The number of halogens is 2. The van der Waals surface area contributed by atoms with E-state index >= 15 is 0 Å². The van der Waals surface area contributed by atoms with Crippen molar-refractivity contribution in [2.75, 3.05) is 18.0 Å². The van der Waals surface area contributed by atoms with E-state index in [1.165, 1.54) is 0 Å². The number of hydrogen-bond acceptors (Lipinski definition) is 5. The molecule has 1 aromatic carbocycles. The lowest BCUT2D eigenvalue weighted by Crippen LogP contribution is -2.50. The average molecular weight is 391 g/mol. The van der Waals surface area contributed by atoms with Crippen LogP contribution in [0.2, 0.25) is 10.0 Å². The summed E-state index contributed by atoms with van der Waals surface area (Å²) in [6.07, 6.45) is 4.68. The predicted octanol–water partition coefficient (Wildman–Crippen LogP) is 4.03. The number of piperidine rings is 1. The molecule has 1 saturated heterocycles. The molecule has 1 aliphatic heterocycles. The molecule has 8 heteroatoms. The molecule has 0 spiro atoms. The second kappa shape index (κ2) is 6.68. The van der Waals surface area contributed by atoms with Crippen LogP contribution in [0.25, 0.3) is 22.4 Å². The van der Waals surface area contributed by atoms with Gasteiger partial charge in [0.15, 0.2) is 0 Å². The average Bonchev–Trinajstić information content (AvgIpc) is 3.07. The van der Waals surface area contributed by atoms with Crippen LogP contribution >= 0.6 is 23.2 Å². The molecule has 1 fully saturated rings. The molecular formula is C18H20Cl2N6. The zero-order valence-electron chi connectivity index (χ0n) is 14.5. The summed E-state index contributed by atoms with van der Waals surface area (Å²) in [6.45, 7) is 3.90. The minimum atomic E-state index is -0.0587. The maximum atomic E-state index is 6.38. The summed E-state index contributed by atoms with van der Waals surface area (Å²) < 4.78 is 0. The first kappa shape index (κ1) is 17.5. The molecule has 136 valence electrons. The van der Waals surface area contributed by atoms with Gasteiger partial charge >= 0.3 is 0 Å². The van der Waals surface area contributed by atoms with Crippen molar-refractivity contribution >= 4 is 40.2 Å². The van der Waals surface area contributed by atoms with E-state index in [4.69, 9.17) is 28.9 Å². The zero-order valence-corrected chi connectivity index (χ0v) is 16.0. The van der Waals surface area contributed by atoms with Crippen molar-refractivity contribution in [1.29, 1.82) is 0 Å². The van der Waals surface area contributed by atoms with E-state index in [0.717, 1.165) is 49.4 Å². The van der Waals surface area contributed by atoms with E-state index in [0.29, 0.717) is 21.2 Å². The molecule has 2 aromatic heterocycles. The normalized spacial score (nSPS) is 17.0. The van der Waals surface area contributed by atoms with Gasteiger partial charge in [0.05, 0.1) is 21.9 Å². The number of aromatic amines is 1. The molecule has 0 atom stereocenters. The van der Waals surface area contributed by atoms with Crippen LogP contribution in [0.3, 0.4) is 0 Å². The standard InChI is InChI=1S/C18H20Cl2N6/c1-2-18(21)6-8-26(9-7-18)13-10-22-16-15(24-25-17(16)23-13)11-4-3-5-12(19)14(11)20/h3-5,10H,2,6-9,21H2,1H3,(H,23,24,25). The van der Waals surface area contributed by atoms with Crippen molar-refractivity contribution in [3.05, 3.63) is 34.4 Å². The van der Waals surface area contributed by atoms with Gasteiger partial charge in [-0.3, -0.25) is 5.10 Å². The van der Waals surface area contributed by atoms with Gasteiger partial charge in [0.2, 0.25) is 5.65 Å². The molecule has 26 heavy (non-hydrogen) atoms. The van der Waals surface area contributed by atoms with Crippen LogP contribution in [0.15, 0.2) is 24.4 Å². The summed E-state index contributed by atoms with van der Waals surface area (Å²) >= 11 is 12.5. The van der Waals surface area contributed by atoms with Crippen molar-refractivity contribution in [1.82, 2.24) is 20.2 Å². The van der Waals surface area contributed by atoms with Crippen LogP contribution in [0.4, 0.5) is 5.82 Å². The molecule has 4 rings (SSSR count). The molecule has 3 heterocycles. The molecule has 6 nitrogen and oxygen atoms in total. The predicted molar refractivity (Wildman–Crippen MR) is 106 cm³/mol. The van der Waals surface area contributed by atoms with E-state index < -0.39 is 0 Å². The second-order valence-corrected chi connectivity index (χ2v) is 7.59. The van der Waals surface area contributed by atoms with Gasteiger partial charge in [-0.1, -0.05) is 42.3 Å². The van der Waals surface area contributed by atoms with Crippen LogP contribution in [0.1, 0.15) is 26.2 Å². The summed E-state index contributed by atoms with van der Waals surface area (Å²) in [6, 6.07) is 5.48. The van der Waals surface area contributed by atoms with E-state index in [9.17, 15) is 0 Å². The number of H-pyrrole nitrogens is 1. The van der Waals surface area contributed by atoms with E-state index in [1.54, 1.807) is 12.3 Å². The zero-order chi connectivity index (χ0) is 18.3. The van der Waals surface area contributed by atoms with Crippen molar-refractivity contribution in [2.24, 2.45) is 5.73 Å². The highest BCUT2D eigenvalue weighted by Gasteiger charge is 2.29. The molecule has 0 aliphatic carbocycles. The van der Waals surface area contributed by atoms with Gasteiger partial charge in [-0.15, -0.1) is 0 Å². The Hall–Kier alpha value is -1.89. The lowest BCUT2D eigenvalue weighted by molar-refractivity contribution is 0.322. The lowest BCUT2D eigenvalue weighted by atomic mass is 9.86. The van der Waals surface area contributed by atoms with Crippen molar-refractivity contribution in [3.63, 3.8) is 0 Å². The highest BCUT2D eigenvalue weighted by Crippen LogP contribution is 2.35. The number of nitrogens with one attached hydrogen (secondary N) is 1. The Labute approximate surface area is 161 Å². The fourth-order valence-electron chi connectivity index (χ4n) is 3.36. The quantitative estimate of drug-likeness (QED) is 0.704. The molecule has 0 bridgehead atoms. The van der Waals surface area contributed by atoms with E-state index in [2.05, 4.69) is 32.0 Å². The van der Waals surface area contributed by atoms with Crippen LogP contribution in [0.5, 0.6) is 0 Å². The molecule has 1 aliphatic rings. The number of nitrogens with two attached hydrogens (primary N) is 1. The molecule has 3 aromatic rings. The number of anilines is 1. The fraction of sp³-hybridized carbons (Fsp3) is 0.389. The van der Waals surface area contributed by atoms with Gasteiger partial charge in [-0.05, 0) is 25.3 Å². The summed E-state index contributed by atoms with van der Waals surface area (Å²) in [5.41, 5.74) is 9.04. The van der Waals surface area contributed by atoms with E-state index in [1.807, 2.05) is 12.1 Å². The molecule has 0 unspecified atom stereocenters. The number of fused-ring (bicyclic) bond motifs is 1. The lowest BCUT2D eigenvalue weighted by Gasteiger charge is -2.39. The Morgan fingerprint density at radius 3 is 2.77 bits per heavy atom. The Balaban J connectivity index is 1.65. The summed E-state index contributed by atoms with van der Waals surface area (Å²) in [4.78, 5) is 11.5. The highest BCUT2D eigenvalue weighted by atomic mass is 35.5. The van der Waals surface area contributed by atoms with Gasteiger partial charge < -0.3 is 10.6 Å². The highest BCUT2D eigenvalue weighted by molar-refractivity contribution is 6.43. The third-order valence-electron chi connectivity index (χ3n) is 5.26. The molecule has 0 amide bonds. The van der Waals surface area contributed by atoms with Crippen LogP contribution in [0, 0.1) is 0 Å². The van der Waals surface area contributed by atoms with Gasteiger partial charge in [0, 0.05) is 24.2 Å². The van der Waals surface area contributed by atoms with Gasteiger partial charge in [0.1, 0.15) is 11.3 Å². The molecule has 0 saturated carbocycles. The first-order valence-electron chi connectivity index (χ1n) is 8.70. The van der Waals surface area contributed by atoms with Crippen LogP contribution < -0.4 is 10.6 Å². The minimum Gasteiger partial charge on any atom is -0.355 e. The second-order valence-electron chi connectivity index (χ2n) is 6.80. The topological polar surface area (TPSA) is 83.7 Å². The number of aromatic nitrogens is 4. The number of nitrogens with zero attached hydrogens (tertiary/aromatic N) is 4. The summed E-state index contributed by atoms with van der Waals surface area (Å²) in [5, 5.41) is 8.27. The van der Waals surface area contributed by atoms with Gasteiger partial charge in [-0.25, -0.2) is 9.97 Å². The Morgan fingerprint density at radius 2 is 2.04 bits per heavy atom.